The van der Waals surface area contributed by atoms with Gasteiger partial charge < -0.3 is 15.2 Å². The molecule has 130 valence electrons. The first-order valence-corrected chi connectivity index (χ1v) is 8.55. The van der Waals surface area contributed by atoms with Crippen LogP contribution < -0.4 is 5.32 Å². The number of hydrogen-bond acceptors (Lipinski definition) is 8. The van der Waals surface area contributed by atoms with Gasteiger partial charge in [-0.3, -0.25) is 0 Å². The molecule has 25 heavy (non-hydrogen) atoms. The fraction of sp³-hybridized carbons (Fsp3) is 0.250. The first-order chi connectivity index (χ1) is 11.8. The summed E-state index contributed by atoms with van der Waals surface area (Å²) in [6, 6.07) is 5.21. The summed E-state index contributed by atoms with van der Waals surface area (Å²) in [6.45, 7) is 3.29. The summed E-state index contributed by atoms with van der Waals surface area (Å²) in [4.78, 5) is 25.2. The van der Waals surface area contributed by atoms with Crippen molar-refractivity contribution in [1.82, 2.24) is 15.0 Å². The molecule has 0 aliphatic heterocycles. The van der Waals surface area contributed by atoms with Crippen LogP contribution in [0.25, 0.3) is 10.2 Å². The van der Waals surface area contributed by atoms with E-state index in [0.717, 1.165) is 0 Å². The van der Waals surface area contributed by atoms with Crippen LogP contribution in [0.3, 0.4) is 0 Å². The Balaban J connectivity index is 2.10. The van der Waals surface area contributed by atoms with Gasteiger partial charge in [0.1, 0.15) is 22.1 Å². The number of aromatic nitrogens is 3. The van der Waals surface area contributed by atoms with Crippen LogP contribution in [0.4, 0.5) is 11.6 Å². The SMILES string of the molecule is COC(=O)c1csc2nc(Cl)nc(Nc3cccc(C(C)(C)O)n3)c12. The van der Waals surface area contributed by atoms with Gasteiger partial charge in [0, 0.05) is 5.38 Å². The first-order valence-electron chi connectivity index (χ1n) is 7.29. The maximum absolute atomic E-state index is 12.0. The summed E-state index contributed by atoms with van der Waals surface area (Å²) in [5.41, 5.74) is -0.247. The van der Waals surface area contributed by atoms with Crippen LogP contribution in [0.1, 0.15) is 29.9 Å². The molecule has 0 atom stereocenters. The Morgan fingerprint density at radius 3 is 2.76 bits per heavy atom. The minimum absolute atomic E-state index is 0.0481. The van der Waals surface area contributed by atoms with Crippen molar-refractivity contribution in [3.63, 3.8) is 0 Å². The van der Waals surface area contributed by atoms with E-state index in [2.05, 4.69) is 20.3 Å². The van der Waals surface area contributed by atoms with E-state index in [1.165, 1.54) is 18.4 Å². The number of rotatable bonds is 4. The lowest BCUT2D eigenvalue weighted by atomic mass is 10.1. The van der Waals surface area contributed by atoms with Crippen LogP contribution in [0.5, 0.6) is 0 Å². The Bertz CT molecular complexity index is 952. The number of methoxy groups -OCH3 is 1. The number of carbonyl (C=O) groups is 1. The molecule has 0 unspecified atom stereocenters. The molecule has 0 saturated carbocycles. The molecule has 0 fully saturated rings. The molecule has 0 saturated heterocycles. The van der Waals surface area contributed by atoms with E-state index in [1.807, 2.05) is 0 Å². The van der Waals surface area contributed by atoms with Crippen molar-refractivity contribution >= 4 is 50.8 Å². The second-order valence-electron chi connectivity index (χ2n) is 5.75. The van der Waals surface area contributed by atoms with Gasteiger partial charge in [-0.1, -0.05) is 6.07 Å². The number of nitrogens with one attached hydrogen (secondary N) is 1. The molecule has 9 heteroatoms. The average molecular weight is 379 g/mol. The molecule has 3 rings (SSSR count). The summed E-state index contributed by atoms with van der Waals surface area (Å²) < 4.78 is 4.80. The van der Waals surface area contributed by atoms with Crippen molar-refractivity contribution in [3.8, 4) is 0 Å². The fourth-order valence-electron chi connectivity index (χ4n) is 2.23. The van der Waals surface area contributed by atoms with Crippen molar-refractivity contribution < 1.29 is 14.6 Å². The molecular weight excluding hydrogens is 364 g/mol. The normalized spacial score (nSPS) is 11.6. The number of thiophene rings is 1. The third-order valence-electron chi connectivity index (χ3n) is 3.43. The van der Waals surface area contributed by atoms with Gasteiger partial charge in [-0.25, -0.2) is 14.8 Å². The predicted molar refractivity (Wildman–Crippen MR) is 96.5 cm³/mol. The largest absolute Gasteiger partial charge is 0.465 e. The Hall–Kier alpha value is -2.29. The quantitative estimate of drug-likeness (QED) is 0.529. The van der Waals surface area contributed by atoms with Gasteiger partial charge >= 0.3 is 5.97 Å². The summed E-state index contributed by atoms with van der Waals surface area (Å²) in [7, 11) is 1.31. The monoisotopic (exact) mass is 378 g/mol. The third-order valence-corrected chi connectivity index (χ3v) is 4.48. The number of esters is 1. The second-order valence-corrected chi connectivity index (χ2v) is 6.95. The standard InChI is InChI=1S/C16H15ClN4O3S/c1-16(2,23)9-5-4-6-10(18-9)19-12-11-8(14(22)24-3)7-25-13(11)21-15(17)20-12/h4-7,23H,1-3H3,(H,18,19,20,21). The topological polar surface area (TPSA) is 97.2 Å². The van der Waals surface area contributed by atoms with Crippen LogP contribution in [0.2, 0.25) is 5.28 Å². The van der Waals surface area contributed by atoms with E-state index in [0.29, 0.717) is 33.1 Å². The summed E-state index contributed by atoms with van der Waals surface area (Å²) in [5.74, 6) is 0.313. The van der Waals surface area contributed by atoms with E-state index in [1.54, 1.807) is 37.4 Å². The van der Waals surface area contributed by atoms with Crippen LogP contribution in [0, 0.1) is 0 Å². The first kappa shape index (κ1) is 17.5. The molecule has 0 aromatic carbocycles. The molecule has 0 bridgehead atoms. The van der Waals surface area contributed by atoms with Gasteiger partial charge in [0.15, 0.2) is 0 Å². The minimum Gasteiger partial charge on any atom is -0.465 e. The van der Waals surface area contributed by atoms with E-state index in [9.17, 15) is 9.90 Å². The number of halogens is 1. The van der Waals surface area contributed by atoms with Crippen LogP contribution >= 0.6 is 22.9 Å². The fourth-order valence-corrected chi connectivity index (χ4v) is 3.36. The van der Waals surface area contributed by atoms with Crippen LogP contribution in [0.15, 0.2) is 23.6 Å². The lowest BCUT2D eigenvalue weighted by molar-refractivity contribution is 0.0603. The van der Waals surface area contributed by atoms with Gasteiger partial charge in [-0.05, 0) is 37.6 Å². The Morgan fingerprint density at radius 2 is 2.08 bits per heavy atom. The Morgan fingerprint density at radius 1 is 1.32 bits per heavy atom. The maximum atomic E-state index is 12.0. The van der Waals surface area contributed by atoms with Crippen LogP contribution in [-0.2, 0) is 10.3 Å². The van der Waals surface area contributed by atoms with Gasteiger partial charge in [0.05, 0.1) is 23.8 Å². The smallest absolute Gasteiger partial charge is 0.339 e. The number of pyridine rings is 1. The molecule has 7 nitrogen and oxygen atoms in total. The van der Waals surface area contributed by atoms with Crippen molar-refractivity contribution in [2.75, 3.05) is 12.4 Å². The maximum Gasteiger partial charge on any atom is 0.339 e. The number of anilines is 2. The highest BCUT2D eigenvalue weighted by molar-refractivity contribution is 7.17. The highest BCUT2D eigenvalue weighted by Gasteiger charge is 2.21. The minimum atomic E-state index is -1.09. The third kappa shape index (κ3) is 3.55. The highest BCUT2D eigenvalue weighted by atomic mass is 35.5. The molecule has 2 N–H and O–H groups in total. The zero-order valence-corrected chi connectivity index (χ0v) is 15.3. The number of carbonyl (C=O) groups excluding carboxylic acids is 1. The number of ether oxygens (including phenoxy) is 1. The molecule has 3 aromatic heterocycles. The Labute approximate surface area is 152 Å². The lowest BCUT2D eigenvalue weighted by Gasteiger charge is -2.17. The number of nitrogens with zero attached hydrogens (tertiary/aromatic N) is 3. The molecular formula is C16H15ClN4O3S. The van der Waals surface area contributed by atoms with Gasteiger partial charge in [0.25, 0.3) is 0 Å². The molecule has 0 spiro atoms. The summed E-state index contributed by atoms with van der Waals surface area (Å²) in [5, 5.41) is 15.4. The zero-order chi connectivity index (χ0) is 18.2. The van der Waals surface area contributed by atoms with E-state index in [4.69, 9.17) is 16.3 Å². The van der Waals surface area contributed by atoms with E-state index in [-0.39, 0.29) is 5.28 Å². The van der Waals surface area contributed by atoms with Gasteiger partial charge in [-0.15, -0.1) is 11.3 Å². The Kier molecular flexibility index (Phi) is 4.59. The number of fused-ring (bicyclic) bond motifs is 1. The van der Waals surface area contributed by atoms with Crippen molar-refractivity contribution in [3.05, 3.63) is 40.1 Å². The second kappa shape index (κ2) is 6.55. The molecule has 3 heterocycles. The molecule has 0 amide bonds. The van der Waals surface area contributed by atoms with Crippen molar-refractivity contribution in [1.29, 1.82) is 0 Å². The molecule has 0 aliphatic rings. The number of hydrogen-bond donors (Lipinski definition) is 2. The van der Waals surface area contributed by atoms with Gasteiger partial charge in [-0.2, -0.15) is 4.98 Å². The average Bonchev–Trinajstić information content (AvgIpc) is 2.97. The van der Waals surface area contributed by atoms with Crippen LogP contribution in [-0.4, -0.2) is 33.1 Å². The van der Waals surface area contributed by atoms with Gasteiger partial charge in [0.2, 0.25) is 5.28 Å². The molecule has 0 aliphatic carbocycles. The molecule has 0 radical (unpaired) electrons. The summed E-state index contributed by atoms with van der Waals surface area (Å²) >= 11 is 7.25. The lowest BCUT2D eigenvalue weighted by Crippen LogP contribution is -2.17. The zero-order valence-electron chi connectivity index (χ0n) is 13.7. The van der Waals surface area contributed by atoms with E-state index < -0.39 is 11.6 Å². The van der Waals surface area contributed by atoms with Crippen molar-refractivity contribution in [2.45, 2.75) is 19.4 Å². The number of aliphatic hydroxyl groups is 1. The summed E-state index contributed by atoms with van der Waals surface area (Å²) in [6.07, 6.45) is 0. The predicted octanol–water partition coefficient (Wildman–Crippen LogP) is 3.50. The highest BCUT2D eigenvalue weighted by Crippen LogP contribution is 2.33. The molecule has 3 aromatic rings. The van der Waals surface area contributed by atoms with E-state index >= 15 is 0 Å². The van der Waals surface area contributed by atoms with Crippen molar-refractivity contribution in [2.24, 2.45) is 0 Å².